The summed E-state index contributed by atoms with van der Waals surface area (Å²) in [5.74, 6) is 1.74. The summed E-state index contributed by atoms with van der Waals surface area (Å²) in [6, 6.07) is 19.1. The van der Waals surface area contributed by atoms with Crippen molar-refractivity contribution in [1.29, 1.82) is 0 Å². The van der Waals surface area contributed by atoms with Crippen LogP contribution < -0.4 is 15.4 Å². The van der Waals surface area contributed by atoms with Crippen LogP contribution in [-0.4, -0.2) is 63.4 Å². The highest BCUT2D eigenvalue weighted by molar-refractivity contribution is 14.0. The normalized spacial score (nSPS) is 15.5. The number of halogens is 1. The number of guanidine groups is 1. The van der Waals surface area contributed by atoms with Crippen LogP contribution in [0.2, 0.25) is 0 Å². The minimum Gasteiger partial charge on any atom is -0.492 e. The maximum Gasteiger partial charge on any atom is 0.191 e. The number of hydrogen-bond donors (Lipinski definition) is 2. The first-order chi connectivity index (χ1) is 15.2. The Morgan fingerprint density at radius 3 is 2.56 bits per heavy atom. The second kappa shape index (κ2) is 15.1. The van der Waals surface area contributed by atoms with Gasteiger partial charge in [0.25, 0.3) is 0 Å². The van der Waals surface area contributed by atoms with Crippen LogP contribution in [0.3, 0.4) is 0 Å². The Labute approximate surface area is 209 Å². The van der Waals surface area contributed by atoms with Crippen LogP contribution >= 0.6 is 24.0 Å². The molecule has 176 valence electrons. The molecular formula is C25H37IN4O2. The van der Waals surface area contributed by atoms with Crippen molar-refractivity contribution in [2.24, 2.45) is 4.99 Å². The number of nitrogens with zero attached hydrogens (tertiary/aromatic N) is 2. The lowest BCUT2D eigenvalue weighted by Crippen LogP contribution is -2.42. The molecule has 1 aliphatic rings. The summed E-state index contributed by atoms with van der Waals surface area (Å²) in [5, 5.41) is 6.92. The van der Waals surface area contributed by atoms with Crippen LogP contribution in [0.25, 0.3) is 0 Å². The zero-order chi connectivity index (χ0) is 21.7. The molecule has 2 aromatic rings. The van der Waals surface area contributed by atoms with E-state index in [1.165, 1.54) is 5.56 Å². The Kier molecular flexibility index (Phi) is 12.4. The third-order valence-corrected chi connectivity index (χ3v) is 5.50. The molecule has 0 bridgehead atoms. The van der Waals surface area contributed by atoms with Crippen LogP contribution in [0.15, 0.2) is 59.6 Å². The molecule has 1 aliphatic heterocycles. The number of benzene rings is 2. The molecule has 0 spiro atoms. The summed E-state index contributed by atoms with van der Waals surface area (Å²) in [6.45, 7) is 8.06. The monoisotopic (exact) mass is 552 g/mol. The van der Waals surface area contributed by atoms with E-state index in [0.717, 1.165) is 63.0 Å². The molecule has 0 aliphatic carbocycles. The number of hydrogen-bond acceptors (Lipinski definition) is 4. The van der Waals surface area contributed by atoms with Gasteiger partial charge in [0.1, 0.15) is 12.4 Å². The lowest BCUT2D eigenvalue weighted by molar-refractivity contribution is 0.0322. The minimum absolute atomic E-state index is 0. The molecule has 32 heavy (non-hydrogen) atoms. The van der Waals surface area contributed by atoms with Crippen LogP contribution in [0, 0.1) is 0 Å². The third-order valence-electron chi connectivity index (χ3n) is 5.50. The summed E-state index contributed by atoms with van der Waals surface area (Å²) in [7, 11) is 1.81. The molecule has 2 aromatic carbocycles. The number of aryl methyl sites for hydroxylation is 1. The van der Waals surface area contributed by atoms with Gasteiger partial charge in [-0.15, -0.1) is 24.0 Å². The third kappa shape index (κ3) is 9.34. The number of aliphatic imine (C=N–C) groups is 1. The van der Waals surface area contributed by atoms with Crippen molar-refractivity contribution in [2.75, 3.05) is 46.5 Å². The molecule has 1 atom stereocenters. The molecule has 1 fully saturated rings. The van der Waals surface area contributed by atoms with E-state index in [-0.39, 0.29) is 24.0 Å². The van der Waals surface area contributed by atoms with Crippen molar-refractivity contribution >= 4 is 29.9 Å². The summed E-state index contributed by atoms with van der Waals surface area (Å²) in [5.41, 5.74) is 2.49. The maximum absolute atomic E-state index is 6.09. The molecule has 1 unspecified atom stereocenters. The number of morpholine rings is 1. The number of nitrogens with one attached hydrogen (secondary N) is 2. The summed E-state index contributed by atoms with van der Waals surface area (Å²) >= 11 is 0. The van der Waals surface area contributed by atoms with Crippen LogP contribution in [0.1, 0.15) is 24.5 Å². The number of ether oxygens (including phenoxy) is 2. The van der Waals surface area contributed by atoms with Gasteiger partial charge in [-0.1, -0.05) is 48.5 Å². The van der Waals surface area contributed by atoms with Gasteiger partial charge in [0.05, 0.1) is 13.2 Å². The van der Waals surface area contributed by atoms with Gasteiger partial charge in [0, 0.05) is 44.8 Å². The summed E-state index contributed by atoms with van der Waals surface area (Å²) in [4.78, 5) is 6.77. The highest BCUT2D eigenvalue weighted by Crippen LogP contribution is 2.17. The summed E-state index contributed by atoms with van der Waals surface area (Å²) < 4.78 is 11.5. The molecule has 3 rings (SSSR count). The molecular weight excluding hydrogens is 515 g/mol. The second-order valence-corrected chi connectivity index (χ2v) is 7.91. The van der Waals surface area contributed by atoms with Gasteiger partial charge in [-0.3, -0.25) is 9.89 Å². The topological polar surface area (TPSA) is 58.1 Å². The van der Waals surface area contributed by atoms with Crippen molar-refractivity contribution in [3.63, 3.8) is 0 Å². The second-order valence-electron chi connectivity index (χ2n) is 7.91. The van der Waals surface area contributed by atoms with Crippen LogP contribution in [0.4, 0.5) is 0 Å². The van der Waals surface area contributed by atoms with E-state index in [4.69, 9.17) is 9.47 Å². The first kappa shape index (κ1) is 26.4. The van der Waals surface area contributed by atoms with Gasteiger partial charge in [0.15, 0.2) is 5.96 Å². The first-order valence-electron chi connectivity index (χ1n) is 11.3. The van der Waals surface area contributed by atoms with E-state index < -0.39 is 0 Å². The minimum atomic E-state index is 0. The predicted molar refractivity (Wildman–Crippen MR) is 142 cm³/mol. The molecule has 0 saturated carbocycles. The van der Waals surface area contributed by atoms with E-state index in [1.54, 1.807) is 0 Å². The van der Waals surface area contributed by atoms with E-state index in [2.05, 4.69) is 63.8 Å². The molecule has 2 N–H and O–H groups in total. The zero-order valence-electron chi connectivity index (χ0n) is 19.3. The Balaban J connectivity index is 0.00000363. The van der Waals surface area contributed by atoms with Gasteiger partial charge in [0.2, 0.25) is 0 Å². The molecule has 0 radical (unpaired) electrons. The molecule has 0 amide bonds. The SMILES string of the molecule is CN=C(NCc1ccccc1OCCN1CCOCC1)NC(C)CCc1ccccc1.I. The van der Waals surface area contributed by atoms with Crippen molar-refractivity contribution in [3.05, 3.63) is 65.7 Å². The highest BCUT2D eigenvalue weighted by Gasteiger charge is 2.11. The Hall–Kier alpha value is -1.84. The van der Waals surface area contributed by atoms with E-state index >= 15 is 0 Å². The standard InChI is InChI=1S/C25H36N4O2.HI/c1-21(12-13-22-8-4-3-5-9-22)28-25(26-2)27-20-23-10-6-7-11-24(23)31-19-16-29-14-17-30-18-15-29;/h3-11,21H,12-20H2,1-2H3,(H2,26,27,28);1H. The zero-order valence-corrected chi connectivity index (χ0v) is 21.6. The van der Waals surface area contributed by atoms with Gasteiger partial charge < -0.3 is 20.1 Å². The van der Waals surface area contributed by atoms with Gasteiger partial charge in [-0.25, -0.2) is 0 Å². The fourth-order valence-corrected chi connectivity index (χ4v) is 3.61. The average molecular weight is 553 g/mol. The average Bonchev–Trinajstić information content (AvgIpc) is 2.82. The molecule has 7 heteroatoms. The quantitative estimate of drug-likeness (QED) is 0.268. The van der Waals surface area contributed by atoms with Crippen molar-refractivity contribution in [1.82, 2.24) is 15.5 Å². The van der Waals surface area contributed by atoms with E-state index in [9.17, 15) is 0 Å². The lowest BCUT2D eigenvalue weighted by Gasteiger charge is -2.26. The maximum atomic E-state index is 6.09. The van der Waals surface area contributed by atoms with E-state index in [1.807, 2.05) is 25.2 Å². The predicted octanol–water partition coefficient (Wildman–Crippen LogP) is 3.70. The number of rotatable bonds is 10. The Bertz CT molecular complexity index is 798. The molecule has 1 heterocycles. The van der Waals surface area contributed by atoms with Gasteiger partial charge >= 0.3 is 0 Å². The Morgan fingerprint density at radius 2 is 1.81 bits per heavy atom. The summed E-state index contributed by atoms with van der Waals surface area (Å²) in [6.07, 6.45) is 2.10. The van der Waals surface area contributed by atoms with Gasteiger partial charge in [-0.05, 0) is 31.4 Å². The largest absolute Gasteiger partial charge is 0.492 e. The van der Waals surface area contributed by atoms with Crippen molar-refractivity contribution in [2.45, 2.75) is 32.4 Å². The van der Waals surface area contributed by atoms with E-state index in [0.29, 0.717) is 19.2 Å². The lowest BCUT2D eigenvalue weighted by atomic mass is 10.1. The fraction of sp³-hybridized carbons (Fsp3) is 0.480. The van der Waals surface area contributed by atoms with Crippen molar-refractivity contribution in [3.8, 4) is 5.75 Å². The van der Waals surface area contributed by atoms with Crippen LogP contribution in [0.5, 0.6) is 5.75 Å². The van der Waals surface area contributed by atoms with Crippen molar-refractivity contribution < 1.29 is 9.47 Å². The molecule has 1 saturated heterocycles. The number of para-hydroxylation sites is 1. The highest BCUT2D eigenvalue weighted by atomic mass is 127. The van der Waals surface area contributed by atoms with Crippen LogP contribution in [-0.2, 0) is 17.7 Å². The van der Waals surface area contributed by atoms with Gasteiger partial charge in [-0.2, -0.15) is 0 Å². The first-order valence-corrected chi connectivity index (χ1v) is 11.3. The Morgan fingerprint density at radius 1 is 1.09 bits per heavy atom. The molecule has 6 nitrogen and oxygen atoms in total. The molecule has 0 aromatic heterocycles. The smallest absolute Gasteiger partial charge is 0.191 e. The fourth-order valence-electron chi connectivity index (χ4n) is 3.61.